The number of rotatable bonds is 5. The molecule has 3 aliphatic heterocycles. The molecule has 5 aliphatic rings. The average molecular weight is 716 g/mol. The molecule has 2 saturated heterocycles. The Morgan fingerprint density at radius 3 is 2.22 bits per heavy atom. The second kappa shape index (κ2) is 12.0. The molecule has 0 amide bonds. The highest BCUT2D eigenvalue weighted by Gasteiger charge is 2.59. The van der Waals surface area contributed by atoms with Crippen LogP contribution in [-0.4, -0.2) is 142 Å². The van der Waals surface area contributed by atoms with Crippen LogP contribution in [0.5, 0.6) is 11.5 Å². The van der Waals surface area contributed by atoms with Gasteiger partial charge in [0.05, 0.1) is 28.9 Å². The van der Waals surface area contributed by atoms with E-state index in [4.69, 9.17) is 28.4 Å². The highest BCUT2D eigenvalue weighted by Crippen LogP contribution is 2.53. The van der Waals surface area contributed by atoms with Gasteiger partial charge in [-0.15, -0.1) is 0 Å². The molecule has 15 nitrogen and oxygen atoms in total. The average Bonchev–Trinajstić information content (AvgIpc) is 3.04. The van der Waals surface area contributed by atoms with Gasteiger partial charge in [-0.2, -0.15) is 0 Å². The maximum Gasteiger partial charge on any atom is 0.228 e. The van der Waals surface area contributed by atoms with Crippen molar-refractivity contribution in [3.8, 4) is 11.5 Å². The zero-order valence-corrected chi connectivity index (χ0v) is 29.6. The van der Waals surface area contributed by atoms with E-state index in [1.54, 1.807) is 32.0 Å². The number of nitrogens with zero attached hydrogens (tertiary/aromatic N) is 1. The molecule has 2 aliphatic carbocycles. The first kappa shape index (κ1) is 36.3. The molecule has 2 fully saturated rings. The largest absolute Gasteiger partial charge is 0.507 e. The molecule has 0 spiro atoms. The normalized spacial score (nSPS) is 41.4. The van der Waals surface area contributed by atoms with Gasteiger partial charge in [-0.1, -0.05) is 6.07 Å². The summed E-state index contributed by atoms with van der Waals surface area (Å²) in [5.74, 6) is -2.01. The second-order valence-corrected chi connectivity index (χ2v) is 15.1. The number of phenolic OH excluding ortho intramolecular Hbond substituents is 1. The van der Waals surface area contributed by atoms with Crippen LogP contribution in [0.4, 0.5) is 0 Å². The van der Waals surface area contributed by atoms with Gasteiger partial charge < -0.3 is 64.0 Å². The maximum atomic E-state index is 14.6. The fourth-order valence-corrected chi connectivity index (χ4v) is 8.82. The number of ketones is 2. The minimum absolute atomic E-state index is 0.0132. The lowest BCUT2D eigenvalue weighted by Gasteiger charge is -2.53. The van der Waals surface area contributed by atoms with Gasteiger partial charge in [0, 0.05) is 42.9 Å². The number of aliphatic hydroxyl groups is 5. The standard InChI is InChI=1S/C36H45NO14/c1-13-28(42)35(3,45)31(47-8)33(48-13)50-27-18-14(12-34(2,44)30(27)46-7)11-16-19(23(18)39)24(40)20-15(22(16)38)9-10-17-26(20)49-32-25(41)21(37(5)6)29(43)36(17,4)51-32/h9-11,13,21,25,27-33,39,41-45H,12H2,1-8H3/t13-,21?,25?,27?,28-,29?,30?,31-,32?,33-,34?,35+,36?/m0/s1. The lowest BCUT2D eigenvalue weighted by atomic mass is 9.71. The van der Waals surface area contributed by atoms with Crippen LogP contribution in [0.3, 0.4) is 0 Å². The Balaban J connectivity index is 1.37. The van der Waals surface area contributed by atoms with Crippen molar-refractivity contribution in [1.29, 1.82) is 0 Å². The van der Waals surface area contributed by atoms with Crippen molar-refractivity contribution in [3.05, 3.63) is 57.1 Å². The first-order chi connectivity index (χ1) is 23.8. The third-order valence-corrected chi connectivity index (χ3v) is 11.5. The number of aromatic hydroxyl groups is 1. The highest BCUT2D eigenvalue weighted by atomic mass is 16.7. The first-order valence-electron chi connectivity index (χ1n) is 16.8. The van der Waals surface area contributed by atoms with E-state index in [1.807, 2.05) is 0 Å². The van der Waals surface area contributed by atoms with Gasteiger partial charge in [-0.3, -0.25) is 9.59 Å². The Kier molecular flexibility index (Phi) is 8.53. The number of ether oxygens (including phenoxy) is 6. The predicted octanol–water partition coefficient (Wildman–Crippen LogP) is 0.0350. The van der Waals surface area contributed by atoms with Crippen molar-refractivity contribution in [1.82, 2.24) is 4.90 Å². The van der Waals surface area contributed by atoms with E-state index in [1.165, 1.54) is 47.1 Å². The van der Waals surface area contributed by atoms with Crippen molar-refractivity contribution in [2.75, 3.05) is 28.3 Å². The number of methoxy groups -OCH3 is 2. The molecule has 6 N–H and O–H groups in total. The van der Waals surface area contributed by atoms with Gasteiger partial charge in [0.25, 0.3) is 0 Å². The number of phenols is 1. The van der Waals surface area contributed by atoms with Crippen LogP contribution in [0.2, 0.25) is 0 Å². The molecule has 278 valence electrons. The minimum Gasteiger partial charge on any atom is -0.507 e. The first-order valence-corrected chi connectivity index (χ1v) is 16.8. The fourth-order valence-electron chi connectivity index (χ4n) is 8.82. The summed E-state index contributed by atoms with van der Waals surface area (Å²) in [5, 5.41) is 68.2. The van der Waals surface area contributed by atoms with Crippen LogP contribution >= 0.6 is 0 Å². The summed E-state index contributed by atoms with van der Waals surface area (Å²) in [7, 11) is 6.04. The molecule has 0 radical (unpaired) electrons. The summed E-state index contributed by atoms with van der Waals surface area (Å²) in [5.41, 5.74) is -4.90. The van der Waals surface area contributed by atoms with Gasteiger partial charge in [0.15, 0.2) is 12.1 Å². The third kappa shape index (κ3) is 4.98. The maximum absolute atomic E-state index is 14.6. The molecule has 2 aromatic carbocycles. The summed E-state index contributed by atoms with van der Waals surface area (Å²) in [6, 6.07) is 3.66. The third-order valence-electron chi connectivity index (χ3n) is 11.5. The van der Waals surface area contributed by atoms with Gasteiger partial charge in [-0.25, -0.2) is 0 Å². The summed E-state index contributed by atoms with van der Waals surface area (Å²) < 4.78 is 35.7. The van der Waals surface area contributed by atoms with Crippen molar-refractivity contribution >= 4 is 11.6 Å². The molecule has 8 unspecified atom stereocenters. The number of likely N-dealkylation sites (N-methyl/N-ethyl adjacent to an activating group) is 1. The number of hydrogen-bond donors (Lipinski definition) is 6. The van der Waals surface area contributed by atoms with Crippen molar-refractivity contribution in [2.45, 2.75) is 112 Å². The molecule has 51 heavy (non-hydrogen) atoms. The second-order valence-electron chi connectivity index (χ2n) is 15.1. The molecular weight excluding hydrogens is 670 g/mol. The SMILES string of the molecule is COC1C(O[C@@H]2O[C@@H](C)[C@H](O)[C@@](C)(O)[C@H]2OC)c2c(cc3c(c2O)C(=O)c2c(ccc4c2OC2OC4(C)C(O)C(N(C)C)C2O)C3=O)CC1(C)O. The Morgan fingerprint density at radius 2 is 1.59 bits per heavy atom. The summed E-state index contributed by atoms with van der Waals surface area (Å²) in [6.45, 7) is 6.03. The van der Waals surface area contributed by atoms with E-state index >= 15 is 0 Å². The van der Waals surface area contributed by atoms with E-state index in [0.717, 1.165) is 0 Å². The van der Waals surface area contributed by atoms with E-state index in [2.05, 4.69) is 0 Å². The minimum atomic E-state index is -1.84. The molecule has 7 rings (SSSR count). The van der Waals surface area contributed by atoms with E-state index < -0.39 is 95.5 Å². The molecular formula is C36H45NO14. The molecule has 0 aromatic heterocycles. The fraction of sp³-hybridized carbons (Fsp3) is 0.611. The number of aliphatic hydroxyl groups excluding tert-OH is 3. The number of benzene rings is 2. The summed E-state index contributed by atoms with van der Waals surface area (Å²) >= 11 is 0. The van der Waals surface area contributed by atoms with E-state index in [-0.39, 0.29) is 45.6 Å². The Morgan fingerprint density at radius 1 is 0.922 bits per heavy atom. The van der Waals surface area contributed by atoms with Crippen LogP contribution in [0.25, 0.3) is 0 Å². The van der Waals surface area contributed by atoms with Gasteiger partial charge >= 0.3 is 0 Å². The number of carbonyl (C=O) groups is 2. The van der Waals surface area contributed by atoms with E-state index in [0.29, 0.717) is 5.56 Å². The van der Waals surface area contributed by atoms with Crippen molar-refractivity contribution < 1.29 is 68.6 Å². The number of fused-ring (bicyclic) bond motifs is 8. The van der Waals surface area contributed by atoms with E-state index in [9.17, 15) is 40.2 Å². The number of carbonyl (C=O) groups excluding carboxylic acids is 2. The van der Waals surface area contributed by atoms with Crippen LogP contribution in [0, 0.1) is 0 Å². The molecule has 2 bridgehead atoms. The topological polar surface area (TPSA) is 214 Å². The van der Waals surface area contributed by atoms with Crippen molar-refractivity contribution in [2.24, 2.45) is 0 Å². The number of hydrogen-bond acceptors (Lipinski definition) is 15. The lowest BCUT2D eigenvalue weighted by molar-refractivity contribution is -0.345. The lowest BCUT2D eigenvalue weighted by Crippen LogP contribution is -2.68. The van der Waals surface area contributed by atoms with Crippen LogP contribution in [0.15, 0.2) is 18.2 Å². The van der Waals surface area contributed by atoms with Gasteiger partial charge in [-0.05, 0) is 59.5 Å². The molecule has 2 aromatic rings. The van der Waals surface area contributed by atoms with Crippen LogP contribution in [-0.2, 0) is 35.7 Å². The zero-order valence-electron chi connectivity index (χ0n) is 29.6. The van der Waals surface area contributed by atoms with Crippen LogP contribution in [0.1, 0.15) is 82.3 Å². The Bertz CT molecular complexity index is 1790. The summed E-state index contributed by atoms with van der Waals surface area (Å²) in [4.78, 5) is 30.5. The van der Waals surface area contributed by atoms with Gasteiger partial charge in [0.1, 0.15) is 59.3 Å². The van der Waals surface area contributed by atoms with Gasteiger partial charge in [0.2, 0.25) is 12.1 Å². The summed E-state index contributed by atoms with van der Waals surface area (Å²) in [6.07, 6.45) is -11.4. The highest BCUT2D eigenvalue weighted by molar-refractivity contribution is 6.30. The molecule has 15 heteroatoms. The predicted molar refractivity (Wildman–Crippen MR) is 174 cm³/mol. The monoisotopic (exact) mass is 715 g/mol. The molecule has 0 saturated carbocycles. The molecule has 3 heterocycles. The Labute approximate surface area is 294 Å². The Hall–Kier alpha value is -3.06. The quantitative estimate of drug-likeness (QED) is 0.206. The smallest absolute Gasteiger partial charge is 0.228 e. The van der Waals surface area contributed by atoms with Crippen LogP contribution < -0.4 is 4.74 Å². The zero-order chi connectivity index (χ0) is 37.3. The molecule has 13 atom stereocenters. The van der Waals surface area contributed by atoms with Crippen molar-refractivity contribution in [3.63, 3.8) is 0 Å².